The lowest BCUT2D eigenvalue weighted by Crippen LogP contribution is -2.10. The minimum Gasteiger partial charge on any atom is -0.456 e. The van der Waals surface area contributed by atoms with Gasteiger partial charge in [-0.2, -0.15) is 15.0 Å². The maximum absolute atomic E-state index is 9.45. The predicted octanol–water partition coefficient (Wildman–Crippen LogP) is 16.1. The van der Waals surface area contributed by atoms with Gasteiger partial charge in [0.25, 0.3) is 0 Å². The fraction of sp³-hybridized carbons (Fsp3) is 0. The Morgan fingerprint density at radius 3 is 1.37 bits per heavy atom. The first-order valence-electron chi connectivity index (χ1n) is 30.3. The highest BCUT2D eigenvalue weighted by atomic mass is 16.3. The van der Waals surface area contributed by atoms with E-state index in [1.165, 1.54) is 0 Å². The molecule has 0 fully saturated rings. The second-order valence-corrected chi connectivity index (χ2v) is 16.8. The standard InChI is InChI=1S/C63H38N6O/c1-2-26-50(61-64-62(68-54-31-12-5-21-44(54)45-22-6-13-32-55(45)68)66-63(65-61)69-56-33-14-7-23-46(56)47-24-8-15-34-57(47)69)41(18-1)49-28-17-27-40(39-36-37-59-51(38-39)48-25-9-16-35-58(48)70-59)60(49)67-52-29-10-3-19-42(52)43-20-4-11-30-53(43)67/h1-38H/i5D,6D,7D,8D,12D,13D,14D,15D,21D,22D,23D,24D,31D,32D,33D,34D. The molecule has 0 N–H and O–H groups in total. The fourth-order valence-electron chi connectivity index (χ4n) is 10.1. The minimum absolute atomic E-state index is 0.182. The van der Waals surface area contributed by atoms with E-state index in [0.29, 0.717) is 22.3 Å². The van der Waals surface area contributed by atoms with E-state index in [2.05, 4.69) is 22.8 Å². The molecule has 0 atom stereocenters. The molecule has 0 unspecified atom stereocenters. The normalized spacial score (nSPS) is 15.2. The number of benzene rings is 10. The van der Waals surface area contributed by atoms with Crippen molar-refractivity contribution < 1.29 is 26.3 Å². The van der Waals surface area contributed by atoms with Crippen LogP contribution in [-0.2, 0) is 0 Å². The Kier molecular flexibility index (Phi) is 5.57. The van der Waals surface area contributed by atoms with E-state index in [1.54, 1.807) is 12.1 Å². The molecule has 15 rings (SSSR count). The summed E-state index contributed by atoms with van der Waals surface area (Å²) < 4.78 is 156. The van der Waals surface area contributed by atoms with Gasteiger partial charge in [0, 0.05) is 59.8 Å². The number of aromatic nitrogens is 6. The average Bonchev–Trinajstić information content (AvgIpc) is 1.59. The molecule has 0 amide bonds. The molecule has 10 aromatic carbocycles. The van der Waals surface area contributed by atoms with Crippen molar-refractivity contribution in [3.8, 4) is 51.2 Å². The maximum atomic E-state index is 9.45. The predicted molar refractivity (Wildman–Crippen MR) is 286 cm³/mol. The number of hydrogen-bond acceptors (Lipinski definition) is 4. The number of nitrogens with zero attached hydrogens (tertiary/aromatic N) is 6. The summed E-state index contributed by atoms with van der Waals surface area (Å²) in [5.41, 5.74) is 5.62. The SMILES string of the molecule is [2H]c1c([2H])c([2H])c2c(c1[2H])c1c([2H])c([2H])c([2H])c([2H])c1n2-c1nc(-c2ccccc2-c2cccc(-c3ccc4oc5ccccc5c4c3)c2-n2c3ccccc3c3ccccc32)nc(-n2c3c([2H])c([2H])c([2H])c([2H])c3c3c([2H])c([2H])c([2H])c([2H])c32)n1. The van der Waals surface area contributed by atoms with Crippen molar-refractivity contribution in [3.63, 3.8) is 0 Å². The van der Waals surface area contributed by atoms with Crippen molar-refractivity contribution in [1.82, 2.24) is 28.7 Å². The minimum atomic E-state index is -0.714. The van der Waals surface area contributed by atoms with Gasteiger partial charge < -0.3 is 8.98 Å². The van der Waals surface area contributed by atoms with Crippen molar-refractivity contribution in [2.45, 2.75) is 0 Å². The molecule has 0 saturated heterocycles. The Morgan fingerprint density at radius 2 is 0.786 bits per heavy atom. The van der Waals surface area contributed by atoms with Crippen LogP contribution in [0.15, 0.2) is 235 Å². The lowest BCUT2D eigenvalue weighted by Gasteiger charge is -2.21. The van der Waals surface area contributed by atoms with Crippen LogP contribution in [0.4, 0.5) is 0 Å². The van der Waals surface area contributed by atoms with Crippen molar-refractivity contribution in [2.75, 3.05) is 0 Å². The zero-order valence-electron chi connectivity index (χ0n) is 52.3. The van der Waals surface area contributed by atoms with Gasteiger partial charge in [-0.25, -0.2) is 0 Å². The van der Waals surface area contributed by atoms with E-state index in [4.69, 9.17) is 30.3 Å². The van der Waals surface area contributed by atoms with Gasteiger partial charge in [0.05, 0.1) is 60.7 Å². The Hall–Kier alpha value is -9.59. The summed E-state index contributed by atoms with van der Waals surface area (Å²) in [6.07, 6.45) is 0. The summed E-state index contributed by atoms with van der Waals surface area (Å²) in [4.78, 5) is 15.2. The molecular weight excluding hydrogens is 857 g/mol. The molecule has 0 saturated carbocycles. The zero-order chi connectivity index (χ0) is 59.8. The highest BCUT2D eigenvalue weighted by Crippen LogP contribution is 2.45. The van der Waals surface area contributed by atoms with Crippen LogP contribution in [0.25, 0.3) is 139 Å². The third kappa shape index (κ3) is 5.60. The molecule has 5 aromatic heterocycles. The third-order valence-corrected chi connectivity index (χ3v) is 13.1. The first-order valence-corrected chi connectivity index (χ1v) is 22.3. The molecule has 0 bridgehead atoms. The van der Waals surface area contributed by atoms with Gasteiger partial charge >= 0.3 is 0 Å². The van der Waals surface area contributed by atoms with Crippen LogP contribution in [0.2, 0.25) is 0 Å². The molecule has 5 heterocycles. The van der Waals surface area contributed by atoms with Crippen molar-refractivity contribution in [2.24, 2.45) is 0 Å². The van der Waals surface area contributed by atoms with Gasteiger partial charge in [-0.3, -0.25) is 9.13 Å². The summed E-state index contributed by atoms with van der Waals surface area (Å²) in [5.74, 6) is -1.18. The molecule has 0 radical (unpaired) electrons. The van der Waals surface area contributed by atoms with Crippen LogP contribution in [0.1, 0.15) is 21.9 Å². The van der Waals surface area contributed by atoms with Crippen LogP contribution in [-0.4, -0.2) is 28.7 Å². The van der Waals surface area contributed by atoms with Crippen LogP contribution in [0.5, 0.6) is 0 Å². The Morgan fingerprint density at radius 1 is 0.329 bits per heavy atom. The summed E-state index contributed by atoms with van der Waals surface area (Å²) >= 11 is 0. The number of fused-ring (bicyclic) bond motifs is 12. The molecule has 326 valence electrons. The molecular formula is C63H38N6O. The van der Waals surface area contributed by atoms with E-state index in [0.717, 1.165) is 64.1 Å². The van der Waals surface area contributed by atoms with E-state index in [1.807, 2.05) is 103 Å². The molecule has 0 aliphatic carbocycles. The van der Waals surface area contributed by atoms with Gasteiger partial charge in [-0.1, -0.05) is 176 Å². The van der Waals surface area contributed by atoms with E-state index < -0.39 is 109 Å². The van der Waals surface area contributed by atoms with Crippen molar-refractivity contribution in [3.05, 3.63) is 230 Å². The van der Waals surface area contributed by atoms with Gasteiger partial charge in [0.2, 0.25) is 11.9 Å². The van der Waals surface area contributed by atoms with Crippen LogP contribution >= 0.6 is 0 Å². The largest absolute Gasteiger partial charge is 0.456 e. The number of hydrogen-bond donors (Lipinski definition) is 0. The smallest absolute Gasteiger partial charge is 0.240 e. The molecule has 0 aliphatic rings. The number of furan rings is 1. The lowest BCUT2D eigenvalue weighted by molar-refractivity contribution is 0.669. The second kappa shape index (κ2) is 15.0. The monoisotopic (exact) mass is 910 g/mol. The highest BCUT2D eigenvalue weighted by molar-refractivity contribution is 6.13. The van der Waals surface area contributed by atoms with Gasteiger partial charge in [0.1, 0.15) is 11.2 Å². The topological polar surface area (TPSA) is 66.6 Å². The maximum Gasteiger partial charge on any atom is 0.240 e. The Balaban J connectivity index is 1.12. The first kappa shape index (κ1) is 26.1. The Bertz CT molecular complexity index is 5210. The van der Waals surface area contributed by atoms with Crippen LogP contribution in [0, 0.1) is 0 Å². The van der Waals surface area contributed by atoms with Gasteiger partial charge in [-0.05, 0) is 65.6 Å². The highest BCUT2D eigenvalue weighted by Gasteiger charge is 2.25. The quantitative estimate of drug-likeness (QED) is 0.167. The second-order valence-electron chi connectivity index (χ2n) is 16.8. The number of para-hydroxylation sites is 8. The lowest BCUT2D eigenvalue weighted by atomic mass is 9.92. The van der Waals surface area contributed by atoms with Crippen molar-refractivity contribution >= 4 is 87.4 Å². The fourth-order valence-corrected chi connectivity index (χ4v) is 10.1. The summed E-state index contributed by atoms with van der Waals surface area (Å²) in [5, 5.41) is 2.64. The van der Waals surface area contributed by atoms with Crippen LogP contribution in [0.3, 0.4) is 0 Å². The third-order valence-electron chi connectivity index (χ3n) is 13.1. The number of rotatable bonds is 6. The van der Waals surface area contributed by atoms with Gasteiger partial charge in [0.15, 0.2) is 5.82 Å². The van der Waals surface area contributed by atoms with E-state index in [9.17, 15) is 11.0 Å². The average molecular weight is 911 g/mol. The van der Waals surface area contributed by atoms with Crippen LogP contribution < -0.4 is 0 Å². The summed E-state index contributed by atoms with van der Waals surface area (Å²) in [6.45, 7) is 0. The molecule has 7 heteroatoms. The molecule has 7 nitrogen and oxygen atoms in total. The summed E-state index contributed by atoms with van der Waals surface area (Å²) in [7, 11) is 0. The molecule has 0 aliphatic heterocycles. The first-order chi connectivity index (χ1) is 41.4. The zero-order valence-corrected chi connectivity index (χ0v) is 36.3. The van der Waals surface area contributed by atoms with E-state index in [-0.39, 0.29) is 49.4 Å². The summed E-state index contributed by atoms with van der Waals surface area (Å²) in [6, 6.07) is 32.3. The van der Waals surface area contributed by atoms with Crippen molar-refractivity contribution in [1.29, 1.82) is 0 Å². The molecule has 0 spiro atoms. The molecule has 70 heavy (non-hydrogen) atoms. The Labute approximate surface area is 422 Å². The van der Waals surface area contributed by atoms with E-state index >= 15 is 0 Å². The van der Waals surface area contributed by atoms with Gasteiger partial charge in [-0.15, -0.1) is 0 Å². The molecule has 15 aromatic rings.